The lowest BCUT2D eigenvalue weighted by Gasteiger charge is -2.28. The molecule has 0 unspecified atom stereocenters. The zero-order valence-corrected chi connectivity index (χ0v) is 25.3. The van der Waals surface area contributed by atoms with Crippen molar-refractivity contribution in [1.29, 1.82) is 0 Å². The van der Waals surface area contributed by atoms with Gasteiger partial charge in [0.25, 0.3) is 0 Å². The number of oxime groups is 2. The van der Waals surface area contributed by atoms with Crippen LogP contribution in [0.3, 0.4) is 0 Å². The van der Waals surface area contributed by atoms with E-state index in [-0.39, 0.29) is 18.8 Å². The van der Waals surface area contributed by atoms with E-state index in [1.54, 1.807) is 13.8 Å². The first-order valence-electron chi connectivity index (χ1n) is 13.9. The Morgan fingerprint density at radius 3 is 1.60 bits per heavy atom. The normalized spacial score (nSPS) is 13.7. The van der Waals surface area contributed by atoms with Crippen molar-refractivity contribution in [3.63, 3.8) is 0 Å². The van der Waals surface area contributed by atoms with Gasteiger partial charge >= 0.3 is 5.97 Å². The van der Waals surface area contributed by atoms with Gasteiger partial charge in [-0.1, -0.05) is 10.3 Å². The smallest absolute Gasteiger partial charge is 0.311 e. The lowest BCUT2D eigenvalue weighted by atomic mass is 9.94. The Morgan fingerprint density at radius 2 is 1.16 bits per heavy atom. The number of carbonyl (C=O) groups excluding carboxylic acids is 2. The predicted molar refractivity (Wildman–Crippen MR) is 150 cm³/mol. The van der Waals surface area contributed by atoms with Crippen LogP contribution in [0, 0.1) is 35.0 Å². The van der Waals surface area contributed by atoms with Crippen molar-refractivity contribution in [3.8, 4) is 5.75 Å². The fourth-order valence-corrected chi connectivity index (χ4v) is 3.85. The van der Waals surface area contributed by atoms with Gasteiger partial charge in [-0.2, -0.15) is 8.78 Å². The number of halogens is 5. The van der Waals surface area contributed by atoms with Gasteiger partial charge in [-0.15, -0.1) is 0 Å². The quantitative estimate of drug-likeness (QED) is 0.0231. The van der Waals surface area contributed by atoms with Gasteiger partial charge in [0.1, 0.15) is 0 Å². The second kappa shape index (κ2) is 17.1. The summed E-state index contributed by atoms with van der Waals surface area (Å²) in [5, 5.41) is 34.1. The highest BCUT2D eigenvalue weighted by Crippen LogP contribution is 2.29. The molecule has 43 heavy (non-hydrogen) atoms. The molecule has 1 aromatic rings. The number of hydrogen-bond donors (Lipinski definition) is 5. The zero-order chi connectivity index (χ0) is 33.0. The topological polar surface area (TPSA) is 145 Å². The highest BCUT2D eigenvalue weighted by Gasteiger charge is 2.29. The van der Waals surface area contributed by atoms with E-state index in [2.05, 4.69) is 31.0 Å². The molecule has 244 valence electrons. The van der Waals surface area contributed by atoms with Crippen molar-refractivity contribution in [1.82, 2.24) is 16.0 Å². The van der Waals surface area contributed by atoms with Crippen molar-refractivity contribution >= 4 is 23.3 Å². The van der Waals surface area contributed by atoms with Gasteiger partial charge in [-0.25, -0.2) is 13.2 Å². The molecule has 5 N–H and O–H groups in total. The van der Waals surface area contributed by atoms with Crippen LogP contribution in [0.15, 0.2) is 10.3 Å². The Labute approximate surface area is 248 Å². The summed E-state index contributed by atoms with van der Waals surface area (Å²) in [6, 6.07) is 0. The minimum absolute atomic E-state index is 0.0843. The van der Waals surface area contributed by atoms with E-state index in [1.165, 1.54) is 0 Å². The standard InChI is InChI=1S/C28H42F5N5O5/c1-16(37-41)27(3,4)35-14-11-18(12-15-36-28(5,6)17(2)38-42)10-13-34-19(39)8-7-9-20(40)43-26-24(32)22(30)21(29)23(31)25(26)33/h18,35-36,41-42H,7-15H2,1-6H3,(H,34,39)/b37-16+,38-17+. The minimum atomic E-state index is -2.37. The molecule has 15 heteroatoms. The highest BCUT2D eigenvalue weighted by molar-refractivity contribution is 5.90. The summed E-state index contributed by atoms with van der Waals surface area (Å²) in [6.45, 7) is 12.5. The molecule has 0 aliphatic carbocycles. The number of benzene rings is 1. The van der Waals surface area contributed by atoms with Crippen LogP contribution in [-0.2, 0) is 9.59 Å². The molecular formula is C28H42F5N5O5. The van der Waals surface area contributed by atoms with Gasteiger partial charge in [0.05, 0.1) is 22.5 Å². The first kappa shape index (κ1) is 37.7. The number of rotatable bonds is 18. The lowest BCUT2D eigenvalue weighted by molar-refractivity contribution is -0.135. The summed E-state index contributed by atoms with van der Waals surface area (Å²) in [4.78, 5) is 24.2. The maximum atomic E-state index is 13.7. The predicted octanol–water partition coefficient (Wildman–Crippen LogP) is 4.80. The Balaban J connectivity index is 2.61. The number of nitrogens with one attached hydrogen (secondary N) is 3. The van der Waals surface area contributed by atoms with Crippen LogP contribution in [0.4, 0.5) is 22.0 Å². The number of carbonyl (C=O) groups is 2. The number of hydrogen-bond acceptors (Lipinski definition) is 9. The zero-order valence-electron chi connectivity index (χ0n) is 25.3. The van der Waals surface area contributed by atoms with Crippen LogP contribution in [0.25, 0.3) is 0 Å². The molecular weight excluding hydrogens is 581 g/mol. The average molecular weight is 624 g/mol. The summed E-state index contributed by atoms with van der Waals surface area (Å²) in [6.07, 6.45) is 1.36. The number of amides is 1. The average Bonchev–Trinajstić information content (AvgIpc) is 2.95. The molecule has 0 atom stereocenters. The molecule has 0 bridgehead atoms. The second-order valence-electron chi connectivity index (χ2n) is 11.3. The van der Waals surface area contributed by atoms with Gasteiger partial charge in [0, 0.05) is 19.4 Å². The Bertz CT molecular complexity index is 1110. The number of nitrogens with zero attached hydrogens (tertiary/aromatic N) is 2. The maximum Gasteiger partial charge on any atom is 0.311 e. The van der Waals surface area contributed by atoms with Crippen molar-refractivity contribution < 1.29 is 46.7 Å². The molecule has 0 aliphatic heterocycles. The molecule has 0 saturated heterocycles. The van der Waals surface area contributed by atoms with Crippen molar-refractivity contribution in [2.45, 2.75) is 91.1 Å². The molecule has 0 heterocycles. The monoisotopic (exact) mass is 623 g/mol. The van der Waals surface area contributed by atoms with Crippen LogP contribution in [0.5, 0.6) is 5.75 Å². The highest BCUT2D eigenvalue weighted by atomic mass is 19.2. The van der Waals surface area contributed by atoms with E-state index >= 15 is 0 Å². The van der Waals surface area contributed by atoms with E-state index < -0.39 is 64.2 Å². The molecule has 10 nitrogen and oxygen atoms in total. The molecule has 0 aliphatic rings. The first-order valence-corrected chi connectivity index (χ1v) is 13.9. The first-order chi connectivity index (χ1) is 20.0. The largest absolute Gasteiger partial charge is 0.420 e. The third-order valence-corrected chi connectivity index (χ3v) is 7.39. The fraction of sp³-hybridized carbons (Fsp3) is 0.643. The molecule has 0 fully saturated rings. The Hall–Kier alpha value is -3.33. The minimum Gasteiger partial charge on any atom is -0.420 e. The van der Waals surface area contributed by atoms with Crippen LogP contribution >= 0.6 is 0 Å². The van der Waals surface area contributed by atoms with Crippen LogP contribution in [0.2, 0.25) is 0 Å². The molecule has 0 spiro atoms. The SMILES string of the molecule is C/C(=N\O)C(C)(C)NCCC(CCNC(=O)CCCC(=O)Oc1c(F)c(F)c(F)c(F)c1F)CCNC(C)(C)/C(C)=N/O. The van der Waals surface area contributed by atoms with E-state index in [1.807, 2.05) is 27.7 Å². The summed E-state index contributed by atoms with van der Waals surface area (Å²) >= 11 is 0. The number of ether oxygens (including phenoxy) is 1. The molecule has 1 aromatic carbocycles. The summed E-state index contributed by atoms with van der Waals surface area (Å²) in [5.41, 5.74) is -0.00959. The van der Waals surface area contributed by atoms with Crippen molar-refractivity contribution in [2.75, 3.05) is 19.6 Å². The Kier molecular flexibility index (Phi) is 15.0. The third kappa shape index (κ3) is 11.7. The second-order valence-corrected chi connectivity index (χ2v) is 11.3. The van der Waals surface area contributed by atoms with Crippen molar-refractivity contribution in [3.05, 3.63) is 29.1 Å². The fourth-order valence-electron chi connectivity index (χ4n) is 3.85. The maximum absolute atomic E-state index is 13.7. The Morgan fingerprint density at radius 1 is 0.744 bits per heavy atom. The van der Waals surface area contributed by atoms with Gasteiger partial charge in [0.2, 0.25) is 40.7 Å². The van der Waals surface area contributed by atoms with E-state index in [0.717, 1.165) is 12.8 Å². The summed E-state index contributed by atoms with van der Waals surface area (Å²) < 4.78 is 71.4. The summed E-state index contributed by atoms with van der Waals surface area (Å²) in [7, 11) is 0. The molecule has 0 aromatic heterocycles. The molecule has 1 rings (SSSR count). The number of esters is 1. The van der Waals surface area contributed by atoms with E-state index in [4.69, 9.17) is 10.4 Å². The van der Waals surface area contributed by atoms with Crippen LogP contribution in [-0.4, -0.2) is 64.4 Å². The third-order valence-electron chi connectivity index (χ3n) is 7.39. The molecule has 0 saturated carbocycles. The van der Waals surface area contributed by atoms with Gasteiger partial charge in [0.15, 0.2) is 0 Å². The van der Waals surface area contributed by atoms with Crippen LogP contribution < -0.4 is 20.7 Å². The van der Waals surface area contributed by atoms with Gasteiger partial charge in [-0.3, -0.25) is 9.59 Å². The van der Waals surface area contributed by atoms with Crippen molar-refractivity contribution in [2.24, 2.45) is 16.2 Å². The van der Waals surface area contributed by atoms with Gasteiger partial charge in [-0.05, 0) is 86.2 Å². The summed E-state index contributed by atoms with van der Waals surface area (Å²) in [5.74, 6) is -14.6. The van der Waals surface area contributed by atoms with Gasteiger partial charge < -0.3 is 31.1 Å². The molecule has 1 amide bonds. The molecule has 0 radical (unpaired) electrons. The van der Waals surface area contributed by atoms with E-state index in [0.29, 0.717) is 37.5 Å². The lowest BCUT2D eigenvalue weighted by Crippen LogP contribution is -2.47. The van der Waals surface area contributed by atoms with Crippen LogP contribution in [0.1, 0.15) is 80.1 Å². The van der Waals surface area contributed by atoms with E-state index in [9.17, 15) is 31.5 Å².